The normalized spacial score (nSPS) is 26.1. The Morgan fingerprint density at radius 2 is 1.75 bits per heavy atom. The predicted molar refractivity (Wildman–Crippen MR) is 192 cm³/mol. The van der Waals surface area contributed by atoms with Crippen molar-refractivity contribution in [1.82, 2.24) is 19.3 Å². The number of piperazine rings is 1. The fourth-order valence-corrected chi connectivity index (χ4v) is 8.61. The molecule has 6 rings (SSSR count). The van der Waals surface area contributed by atoms with Crippen molar-refractivity contribution in [3.8, 4) is 0 Å². The first-order chi connectivity index (χ1) is 24.4. The van der Waals surface area contributed by atoms with Crippen LogP contribution in [0.15, 0.2) is 42.6 Å². The third-order valence-electron chi connectivity index (χ3n) is 11.1. The quantitative estimate of drug-likeness (QED) is 0.259. The minimum absolute atomic E-state index is 0.0582. The van der Waals surface area contributed by atoms with Gasteiger partial charge in [-0.25, -0.2) is 8.78 Å². The van der Waals surface area contributed by atoms with E-state index in [1.54, 1.807) is 11.1 Å². The predicted octanol–water partition coefficient (Wildman–Crippen LogP) is 5.76. The number of halogens is 3. The molecule has 0 radical (unpaired) electrons. The van der Waals surface area contributed by atoms with Crippen LogP contribution in [0.1, 0.15) is 61.9 Å². The fourth-order valence-electron chi connectivity index (χ4n) is 8.37. The lowest BCUT2D eigenvalue weighted by molar-refractivity contribution is -0.144. The number of hydrogen-bond acceptors (Lipinski definition) is 6. The number of alkyl halides is 1. The standard InChI is InChI=1S/C38H48ClF2N5O5/c1-23-18-44(19-24(2)45(23)13-12-40)27-16-28(22-51-29-10-8-25(9-11-29)38(49)50)46(20-27)36(47)15-26-14-32(39)34(17-33(26)41)42-37(48)31-21-43(3)35-7-5-4-6-30(31)35/h4-7,14,17,21,23-25,27-29H,8-13,15-16,18-20,22H2,1-3H3,(H,42,48)(H,49,50)/t23-,24?,25-,27-,28-,29-/m0/s1. The van der Waals surface area contributed by atoms with Gasteiger partial charge in [-0.3, -0.25) is 24.2 Å². The largest absolute Gasteiger partial charge is 0.481 e. The van der Waals surface area contributed by atoms with Gasteiger partial charge in [-0.2, -0.15) is 0 Å². The summed E-state index contributed by atoms with van der Waals surface area (Å²) in [5.41, 5.74) is 1.56. The van der Waals surface area contributed by atoms with Gasteiger partial charge in [0, 0.05) is 68.5 Å². The van der Waals surface area contributed by atoms with Crippen LogP contribution in [-0.2, 0) is 27.8 Å². The molecule has 3 fully saturated rings. The number of carboxylic acid groups (broad SMARTS) is 1. The zero-order valence-electron chi connectivity index (χ0n) is 29.5. The van der Waals surface area contributed by atoms with Gasteiger partial charge in [0.05, 0.1) is 47.4 Å². The van der Waals surface area contributed by atoms with Gasteiger partial charge in [-0.1, -0.05) is 29.8 Å². The molecular weight excluding hydrogens is 680 g/mol. The Morgan fingerprint density at radius 3 is 2.43 bits per heavy atom. The van der Waals surface area contributed by atoms with Crippen molar-refractivity contribution in [3.05, 3.63) is 64.6 Å². The lowest BCUT2D eigenvalue weighted by Gasteiger charge is -2.46. The zero-order chi connectivity index (χ0) is 36.4. The Bertz CT molecular complexity index is 1730. The third-order valence-corrected chi connectivity index (χ3v) is 11.4. The molecule has 3 aromatic rings. The third kappa shape index (κ3) is 8.24. The summed E-state index contributed by atoms with van der Waals surface area (Å²) < 4.78 is 37.0. The summed E-state index contributed by atoms with van der Waals surface area (Å²) in [6.45, 7) is 6.46. The van der Waals surface area contributed by atoms with Crippen molar-refractivity contribution in [2.75, 3.05) is 44.8 Å². The van der Waals surface area contributed by atoms with Gasteiger partial charge < -0.3 is 24.6 Å². The Labute approximate surface area is 302 Å². The molecule has 13 heteroatoms. The molecule has 0 spiro atoms. The number of benzene rings is 2. The van der Waals surface area contributed by atoms with Crippen LogP contribution < -0.4 is 5.32 Å². The van der Waals surface area contributed by atoms with E-state index in [0.717, 1.165) is 30.1 Å². The molecule has 2 N–H and O–H groups in total. The number of fused-ring (bicyclic) bond motifs is 1. The Kier molecular flexibility index (Phi) is 11.6. The van der Waals surface area contributed by atoms with Crippen molar-refractivity contribution < 1.29 is 33.0 Å². The molecule has 2 saturated heterocycles. The Hall–Kier alpha value is -3.58. The van der Waals surface area contributed by atoms with Gasteiger partial charge in [0.2, 0.25) is 5.91 Å². The number of likely N-dealkylation sites (tertiary alicyclic amines) is 1. The van der Waals surface area contributed by atoms with E-state index in [0.29, 0.717) is 57.4 Å². The van der Waals surface area contributed by atoms with Gasteiger partial charge >= 0.3 is 5.97 Å². The molecule has 276 valence electrons. The van der Waals surface area contributed by atoms with E-state index in [-0.39, 0.29) is 64.8 Å². The van der Waals surface area contributed by atoms with Crippen LogP contribution in [0.2, 0.25) is 5.02 Å². The summed E-state index contributed by atoms with van der Waals surface area (Å²) in [6.07, 6.45) is 4.54. The summed E-state index contributed by atoms with van der Waals surface area (Å²) in [7, 11) is 1.85. The number of anilines is 1. The molecule has 4 atom stereocenters. The second-order valence-electron chi connectivity index (χ2n) is 14.5. The molecule has 0 bridgehead atoms. The molecule has 1 aromatic heterocycles. The number of carbonyl (C=O) groups excluding carboxylic acids is 2. The first-order valence-corrected chi connectivity index (χ1v) is 18.3. The maximum absolute atomic E-state index is 15.6. The second-order valence-corrected chi connectivity index (χ2v) is 14.9. The first kappa shape index (κ1) is 37.2. The highest BCUT2D eigenvalue weighted by molar-refractivity contribution is 6.34. The first-order valence-electron chi connectivity index (χ1n) is 18.0. The van der Waals surface area contributed by atoms with Crippen molar-refractivity contribution >= 4 is 46.0 Å². The molecule has 3 heterocycles. The van der Waals surface area contributed by atoms with Crippen LogP contribution in [-0.4, -0.2) is 112 Å². The SMILES string of the molecule is CC1CN([C@H]2C[C@@H](CO[C@H]3CC[C@H](C(=O)O)CC3)N(C(=O)Cc3cc(Cl)c(NC(=O)c4cn(C)c5ccccc45)cc3F)C2)C[C@H](C)N1CCF. The van der Waals surface area contributed by atoms with Crippen molar-refractivity contribution in [3.63, 3.8) is 0 Å². The number of aliphatic carboxylic acids is 1. The minimum atomic E-state index is -0.772. The van der Waals surface area contributed by atoms with E-state index < -0.39 is 24.4 Å². The van der Waals surface area contributed by atoms with Gasteiger partial charge in [0.15, 0.2) is 0 Å². The maximum Gasteiger partial charge on any atom is 0.306 e. The van der Waals surface area contributed by atoms with Gasteiger partial charge in [0.1, 0.15) is 12.5 Å². The van der Waals surface area contributed by atoms with Crippen molar-refractivity contribution in [2.45, 2.75) is 82.6 Å². The molecule has 3 aliphatic rings. The molecule has 1 aliphatic carbocycles. The number of amides is 2. The van der Waals surface area contributed by atoms with E-state index in [1.165, 1.54) is 6.07 Å². The van der Waals surface area contributed by atoms with Crippen LogP contribution >= 0.6 is 11.6 Å². The zero-order valence-corrected chi connectivity index (χ0v) is 30.2. The highest BCUT2D eigenvalue weighted by atomic mass is 35.5. The summed E-state index contributed by atoms with van der Waals surface area (Å²) >= 11 is 6.58. The van der Waals surface area contributed by atoms with Gasteiger partial charge in [0.25, 0.3) is 5.91 Å². The van der Waals surface area contributed by atoms with Crippen LogP contribution in [0.3, 0.4) is 0 Å². The van der Waals surface area contributed by atoms with Gasteiger partial charge in [-0.15, -0.1) is 0 Å². The number of para-hydroxylation sites is 1. The minimum Gasteiger partial charge on any atom is -0.481 e. The average Bonchev–Trinajstić information content (AvgIpc) is 3.69. The van der Waals surface area contributed by atoms with E-state index in [2.05, 4.69) is 29.0 Å². The van der Waals surface area contributed by atoms with Crippen LogP contribution in [0.25, 0.3) is 10.9 Å². The van der Waals surface area contributed by atoms with E-state index in [1.807, 2.05) is 35.9 Å². The van der Waals surface area contributed by atoms with E-state index in [4.69, 9.17) is 16.3 Å². The number of carbonyl (C=O) groups is 3. The summed E-state index contributed by atoms with van der Waals surface area (Å²) in [6, 6.07) is 10.2. The Balaban J connectivity index is 1.15. The van der Waals surface area contributed by atoms with E-state index in [9.17, 15) is 23.9 Å². The van der Waals surface area contributed by atoms with Crippen molar-refractivity contribution in [2.24, 2.45) is 13.0 Å². The van der Waals surface area contributed by atoms with Crippen LogP contribution in [0, 0.1) is 11.7 Å². The molecule has 1 saturated carbocycles. The number of hydrogen-bond donors (Lipinski definition) is 2. The Morgan fingerprint density at radius 1 is 1.04 bits per heavy atom. The molecular formula is C38H48ClF2N5O5. The van der Waals surface area contributed by atoms with Crippen LogP contribution in [0.5, 0.6) is 0 Å². The van der Waals surface area contributed by atoms with Crippen molar-refractivity contribution in [1.29, 1.82) is 0 Å². The lowest BCUT2D eigenvalue weighted by Crippen LogP contribution is -2.59. The molecule has 10 nitrogen and oxygen atoms in total. The molecule has 51 heavy (non-hydrogen) atoms. The number of carboxylic acids is 1. The number of nitrogens with one attached hydrogen (secondary N) is 1. The smallest absolute Gasteiger partial charge is 0.306 e. The monoisotopic (exact) mass is 727 g/mol. The molecule has 2 aromatic carbocycles. The highest BCUT2D eigenvalue weighted by Gasteiger charge is 2.42. The lowest BCUT2D eigenvalue weighted by atomic mass is 9.87. The number of nitrogens with zero attached hydrogens (tertiary/aromatic N) is 4. The average molecular weight is 728 g/mol. The number of aryl methyl sites for hydroxylation is 1. The van der Waals surface area contributed by atoms with Crippen LogP contribution in [0.4, 0.5) is 14.5 Å². The molecule has 2 aliphatic heterocycles. The number of aromatic nitrogens is 1. The highest BCUT2D eigenvalue weighted by Crippen LogP contribution is 2.32. The summed E-state index contributed by atoms with van der Waals surface area (Å²) in [4.78, 5) is 45.0. The number of rotatable bonds is 11. The topological polar surface area (TPSA) is 107 Å². The summed E-state index contributed by atoms with van der Waals surface area (Å²) in [5, 5.41) is 13.0. The molecule has 2 amide bonds. The fraction of sp³-hybridized carbons (Fsp3) is 0.553. The van der Waals surface area contributed by atoms with E-state index >= 15 is 4.39 Å². The number of ether oxygens (including phenoxy) is 1. The summed E-state index contributed by atoms with van der Waals surface area (Å²) in [5.74, 6) is -2.44. The second kappa shape index (κ2) is 16.0. The molecule has 1 unspecified atom stereocenters. The maximum atomic E-state index is 15.6. The van der Waals surface area contributed by atoms with Gasteiger partial charge in [-0.05, 0) is 69.7 Å².